The molecular formula is C27H32ClN5O5S. The summed E-state index contributed by atoms with van der Waals surface area (Å²) in [5, 5.41) is 15.2. The lowest BCUT2D eigenvalue weighted by Gasteiger charge is -2.40. The van der Waals surface area contributed by atoms with Gasteiger partial charge in [-0.3, -0.25) is 4.79 Å². The largest absolute Gasteiger partial charge is 0.495 e. The van der Waals surface area contributed by atoms with Gasteiger partial charge >= 0.3 is 0 Å². The molecule has 1 aromatic heterocycles. The van der Waals surface area contributed by atoms with Crippen LogP contribution in [0.5, 0.6) is 5.75 Å². The summed E-state index contributed by atoms with van der Waals surface area (Å²) in [5.41, 5.74) is 2.49. The van der Waals surface area contributed by atoms with Crippen LogP contribution < -0.4 is 15.4 Å². The van der Waals surface area contributed by atoms with Crippen molar-refractivity contribution >= 4 is 50.5 Å². The molecule has 1 aliphatic heterocycles. The second-order valence-corrected chi connectivity index (χ2v) is 13.1. The van der Waals surface area contributed by atoms with E-state index in [9.17, 15) is 18.3 Å². The third-order valence-electron chi connectivity index (χ3n) is 6.65. The third kappa shape index (κ3) is 5.80. The predicted octanol–water partition coefficient (Wildman–Crippen LogP) is 4.42. The van der Waals surface area contributed by atoms with E-state index in [0.29, 0.717) is 30.2 Å². The van der Waals surface area contributed by atoms with Crippen molar-refractivity contribution in [3.8, 4) is 5.75 Å². The van der Waals surface area contributed by atoms with Crippen LogP contribution in [0.4, 0.5) is 23.1 Å². The first-order chi connectivity index (χ1) is 18.4. The summed E-state index contributed by atoms with van der Waals surface area (Å²) < 4.78 is 31.4. The Balaban J connectivity index is 1.69. The summed E-state index contributed by atoms with van der Waals surface area (Å²) in [5.74, 6) is 0.641. The molecule has 2 aromatic carbocycles. The van der Waals surface area contributed by atoms with Gasteiger partial charge < -0.3 is 25.4 Å². The number of sulfone groups is 1. The van der Waals surface area contributed by atoms with E-state index in [1.807, 2.05) is 26.0 Å². The van der Waals surface area contributed by atoms with E-state index in [4.69, 9.17) is 16.3 Å². The first-order valence-electron chi connectivity index (χ1n) is 12.4. The highest BCUT2D eigenvalue weighted by Gasteiger charge is 2.35. The van der Waals surface area contributed by atoms with Gasteiger partial charge in [0.25, 0.3) is 0 Å². The van der Waals surface area contributed by atoms with Gasteiger partial charge in [0.2, 0.25) is 11.9 Å². The van der Waals surface area contributed by atoms with E-state index in [0.717, 1.165) is 11.1 Å². The van der Waals surface area contributed by atoms with Crippen molar-refractivity contribution in [2.75, 3.05) is 30.9 Å². The van der Waals surface area contributed by atoms with E-state index < -0.39 is 21.7 Å². The summed E-state index contributed by atoms with van der Waals surface area (Å²) in [7, 11) is -2.00. The molecule has 3 aromatic rings. The van der Waals surface area contributed by atoms with Crippen LogP contribution in [-0.4, -0.2) is 59.8 Å². The molecule has 4 rings (SSSR count). The van der Waals surface area contributed by atoms with Crippen molar-refractivity contribution < 1.29 is 23.1 Å². The third-order valence-corrected chi connectivity index (χ3v) is 9.13. The fourth-order valence-electron chi connectivity index (χ4n) is 4.59. The number of ether oxygens (including phenoxy) is 1. The minimum atomic E-state index is -3.56. The van der Waals surface area contributed by atoms with Crippen molar-refractivity contribution in [2.24, 2.45) is 0 Å². The number of fused-ring (bicyclic) bond motifs is 1. The van der Waals surface area contributed by atoms with Crippen molar-refractivity contribution in [1.29, 1.82) is 0 Å². The molecule has 0 fully saturated rings. The highest BCUT2D eigenvalue weighted by atomic mass is 35.5. The van der Waals surface area contributed by atoms with Gasteiger partial charge in [0.15, 0.2) is 15.7 Å². The number of nitrogens with zero attached hydrogens (tertiary/aromatic N) is 3. The van der Waals surface area contributed by atoms with E-state index in [2.05, 4.69) is 20.6 Å². The highest BCUT2D eigenvalue weighted by molar-refractivity contribution is 7.92. The van der Waals surface area contributed by atoms with Crippen LogP contribution in [0.2, 0.25) is 5.02 Å². The first kappa shape index (κ1) is 28.6. The number of para-hydroxylation sites is 1. The van der Waals surface area contributed by atoms with Crippen LogP contribution in [0.15, 0.2) is 47.5 Å². The molecule has 0 bridgehead atoms. The number of anilines is 4. The fraction of sp³-hybridized carbons (Fsp3) is 0.370. The maximum Gasteiger partial charge on any atom is 0.248 e. The number of benzene rings is 2. The maximum atomic E-state index is 12.9. The van der Waals surface area contributed by atoms with Crippen molar-refractivity contribution in [3.05, 3.63) is 58.7 Å². The molecular weight excluding hydrogens is 542 g/mol. The number of methoxy groups -OCH3 is 1. The normalized spacial score (nSPS) is 14.6. The fourth-order valence-corrected chi connectivity index (χ4v) is 5.93. The number of amides is 1. The standard InChI is InChI=1S/C27H32ClN5O5S/c1-16(2)39(36,37)23-9-7-6-8-20(23)30-25-19(28)12-29-26(32-25)31-21-10-17-13-33(24(35)14-34)15-27(3,4)18(17)11-22(21)38-5/h6-12,16,34H,13-15H2,1-5H3,(H2,29,30,31,32). The molecule has 0 aliphatic carbocycles. The van der Waals surface area contributed by atoms with Crippen LogP contribution in [0.25, 0.3) is 0 Å². The summed E-state index contributed by atoms with van der Waals surface area (Å²) >= 11 is 6.38. The average molecular weight is 574 g/mol. The molecule has 208 valence electrons. The molecule has 39 heavy (non-hydrogen) atoms. The quantitative estimate of drug-likeness (QED) is 0.358. The van der Waals surface area contributed by atoms with Gasteiger partial charge in [0.05, 0.1) is 34.8 Å². The van der Waals surface area contributed by atoms with E-state index in [-0.39, 0.29) is 33.0 Å². The number of hydrogen-bond donors (Lipinski definition) is 3. The zero-order valence-corrected chi connectivity index (χ0v) is 24.0. The average Bonchev–Trinajstić information content (AvgIpc) is 2.89. The molecule has 0 unspecified atom stereocenters. The Morgan fingerprint density at radius 3 is 2.59 bits per heavy atom. The summed E-state index contributed by atoms with van der Waals surface area (Å²) in [6.45, 7) is 7.57. The van der Waals surface area contributed by atoms with Gasteiger partial charge in [-0.05, 0) is 49.2 Å². The lowest BCUT2D eigenvalue weighted by Crippen LogP contribution is -2.46. The monoisotopic (exact) mass is 573 g/mol. The number of carbonyl (C=O) groups excluding carboxylic acids is 1. The highest BCUT2D eigenvalue weighted by Crippen LogP contribution is 2.40. The molecule has 2 heterocycles. The molecule has 0 saturated carbocycles. The Morgan fingerprint density at radius 2 is 1.92 bits per heavy atom. The molecule has 12 heteroatoms. The smallest absolute Gasteiger partial charge is 0.248 e. The molecule has 0 saturated heterocycles. The number of nitrogens with one attached hydrogen (secondary N) is 2. The van der Waals surface area contributed by atoms with Gasteiger partial charge in [-0.2, -0.15) is 4.98 Å². The van der Waals surface area contributed by atoms with Crippen LogP contribution in [0, 0.1) is 0 Å². The number of rotatable bonds is 8. The summed E-state index contributed by atoms with van der Waals surface area (Å²) in [6, 6.07) is 10.4. The number of aliphatic hydroxyl groups is 1. The number of aliphatic hydroxyl groups excluding tert-OH is 1. The molecule has 3 N–H and O–H groups in total. The predicted molar refractivity (Wildman–Crippen MR) is 151 cm³/mol. The van der Waals surface area contributed by atoms with Gasteiger partial charge in [0.1, 0.15) is 17.4 Å². The zero-order valence-electron chi connectivity index (χ0n) is 22.4. The molecule has 0 atom stereocenters. The van der Waals surface area contributed by atoms with Gasteiger partial charge in [-0.15, -0.1) is 0 Å². The van der Waals surface area contributed by atoms with Crippen molar-refractivity contribution in [1.82, 2.24) is 14.9 Å². The molecule has 1 amide bonds. The van der Waals surface area contributed by atoms with E-state index >= 15 is 0 Å². The molecule has 0 spiro atoms. The zero-order chi connectivity index (χ0) is 28.5. The second-order valence-electron chi connectivity index (χ2n) is 10.2. The Bertz CT molecular complexity index is 1510. The number of hydrogen-bond acceptors (Lipinski definition) is 9. The number of halogens is 1. The Labute approximate surface area is 233 Å². The molecule has 10 nitrogen and oxygen atoms in total. The minimum Gasteiger partial charge on any atom is -0.495 e. The summed E-state index contributed by atoms with van der Waals surface area (Å²) in [4.78, 5) is 22.8. The van der Waals surface area contributed by atoms with Gasteiger partial charge in [-0.25, -0.2) is 13.4 Å². The van der Waals surface area contributed by atoms with Crippen molar-refractivity contribution in [2.45, 2.75) is 49.8 Å². The SMILES string of the molecule is COc1cc2c(cc1Nc1ncc(Cl)c(Nc3ccccc3S(=O)(=O)C(C)C)n1)CN(C(=O)CO)CC2(C)C. The number of carbonyl (C=O) groups is 1. The van der Waals surface area contributed by atoms with Crippen LogP contribution in [0.3, 0.4) is 0 Å². The first-order valence-corrected chi connectivity index (χ1v) is 14.3. The van der Waals surface area contributed by atoms with Gasteiger partial charge in [0, 0.05) is 18.5 Å². The summed E-state index contributed by atoms with van der Waals surface area (Å²) in [6.07, 6.45) is 1.41. The topological polar surface area (TPSA) is 134 Å². The Kier molecular flexibility index (Phi) is 8.06. The second kappa shape index (κ2) is 11.0. The van der Waals surface area contributed by atoms with Crippen molar-refractivity contribution in [3.63, 3.8) is 0 Å². The lowest BCUT2D eigenvalue weighted by atomic mass is 9.78. The molecule has 1 aliphatic rings. The Hall–Kier alpha value is -3.41. The number of aromatic nitrogens is 2. The molecule has 0 radical (unpaired) electrons. The Morgan fingerprint density at radius 1 is 1.21 bits per heavy atom. The lowest BCUT2D eigenvalue weighted by molar-refractivity contribution is -0.136. The van der Waals surface area contributed by atoms with Crippen LogP contribution in [-0.2, 0) is 26.6 Å². The van der Waals surface area contributed by atoms with Gasteiger partial charge in [-0.1, -0.05) is 37.6 Å². The van der Waals surface area contributed by atoms with Crippen LogP contribution in [0.1, 0.15) is 38.8 Å². The van der Waals surface area contributed by atoms with E-state index in [1.54, 1.807) is 44.1 Å². The van der Waals surface area contributed by atoms with E-state index in [1.165, 1.54) is 12.3 Å². The maximum absolute atomic E-state index is 12.9. The van der Waals surface area contributed by atoms with Crippen LogP contribution >= 0.6 is 11.6 Å². The minimum absolute atomic E-state index is 0.144.